The Labute approximate surface area is 196 Å². The number of hydrogen-bond acceptors (Lipinski definition) is 6. The van der Waals surface area contributed by atoms with Crippen molar-refractivity contribution in [3.8, 4) is 0 Å². The number of halogens is 1. The molecule has 3 heterocycles. The zero-order chi connectivity index (χ0) is 20.3. The van der Waals surface area contributed by atoms with Crippen molar-refractivity contribution in [2.24, 2.45) is 4.99 Å². The molecule has 0 aliphatic carbocycles. The third kappa shape index (κ3) is 8.11. The van der Waals surface area contributed by atoms with Crippen LogP contribution < -0.4 is 15.5 Å². The molecular formula is C21H33IN6O2. The van der Waals surface area contributed by atoms with E-state index in [0.29, 0.717) is 19.8 Å². The van der Waals surface area contributed by atoms with Gasteiger partial charge in [0.25, 0.3) is 0 Å². The molecule has 1 fully saturated rings. The molecule has 0 aromatic carbocycles. The van der Waals surface area contributed by atoms with Crippen LogP contribution in [0.3, 0.4) is 0 Å². The highest BCUT2D eigenvalue weighted by Crippen LogP contribution is 2.14. The Morgan fingerprint density at radius 2 is 2.07 bits per heavy atom. The van der Waals surface area contributed by atoms with E-state index >= 15 is 0 Å². The molecule has 0 unspecified atom stereocenters. The minimum Gasteiger partial charge on any atom is -0.467 e. The van der Waals surface area contributed by atoms with E-state index in [4.69, 9.17) is 9.15 Å². The summed E-state index contributed by atoms with van der Waals surface area (Å²) in [6.45, 7) is 6.87. The predicted molar refractivity (Wildman–Crippen MR) is 131 cm³/mol. The molecular weight excluding hydrogens is 495 g/mol. The van der Waals surface area contributed by atoms with Crippen molar-refractivity contribution in [1.29, 1.82) is 0 Å². The van der Waals surface area contributed by atoms with Crippen LogP contribution in [0.25, 0.3) is 0 Å². The second-order valence-electron chi connectivity index (χ2n) is 7.15. The summed E-state index contributed by atoms with van der Waals surface area (Å²) in [6, 6.07) is 7.99. The number of aliphatic imine (C=N–C) groups is 1. The molecule has 8 nitrogen and oxygen atoms in total. The van der Waals surface area contributed by atoms with Crippen LogP contribution in [0.4, 0.5) is 5.82 Å². The standard InChI is InChI=1S/C21H32N6O2.HI/c1-22-21(24-7-4-13-28-17-19-5-3-14-29-19)25-16-18-6-8-23-20(15-18)27-11-9-26(2)10-12-27;/h3,5-6,8,14-15H,4,7,9-13,16-17H2,1-2H3,(H2,22,24,25);1H. The average molecular weight is 528 g/mol. The first-order valence-corrected chi connectivity index (χ1v) is 10.2. The minimum atomic E-state index is 0. The molecule has 0 atom stereocenters. The molecule has 2 aromatic rings. The lowest BCUT2D eigenvalue weighted by Gasteiger charge is -2.33. The first-order chi connectivity index (χ1) is 14.2. The van der Waals surface area contributed by atoms with E-state index < -0.39 is 0 Å². The van der Waals surface area contributed by atoms with Crippen LogP contribution in [0.1, 0.15) is 17.7 Å². The highest BCUT2D eigenvalue weighted by Gasteiger charge is 2.15. The van der Waals surface area contributed by atoms with Crippen molar-refractivity contribution in [2.45, 2.75) is 19.6 Å². The van der Waals surface area contributed by atoms with E-state index in [2.05, 4.69) is 43.5 Å². The van der Waals surface area contributed by atoms with Gasteiger partial charge in [-0.1, -0.05) is 0 Å². The quantitative estimate of drug-likeness (QED) is 0.224. The van der Waals surface area contributed by atoms with Gasteiger partial charge in [0, 0.05) is 59.1 Å². The molecule has 2 aromatic heterocycles. The Balaban J connectivity index is 0.00000320. The average Bonchev–Trinajstić information content (AvgIpc) is 3.27. The molecule has 166 valence electrons. The molecule has 0 spiro atoms. The smallest absolute Gasteiger partial charge is 0.191 e. The van der Waals surface area contributed by atoms with E-state index in [9.17, 15) is 0 Å². The fourth-order valence-corrected chi connectivity index (χ4v) is 3.13. The van der Waals surface area contributed by atoms with Gasteiger partial charge in [0.1, 0.15) is 18.2 Å². The zero-order valence-corrected chi connectivity index (χ0v) is 20.2. The van der Waals surface area contributed by atoms with Gasteiger partial charge in [0.15, 0.2) is 5.96 Å². The minimum absolute atomic E-state index is 0. The number of nitrogens with one attached hydrogen (secondary N) is 2. The van der Waals surface area contributed by atoms with Gasteiger partial charge in [-0.05, 0) is 43.3 Å². The lowest BCUT2D eigenvalue weighted by Crippen LogP contribution is -2.44. The molecule has 1 aliphatic heterocycles. The third-order valence-corrected chi connectivity index (χ3v) is 4.90. The van der Waals surface area contributed by atoms with Crippen LogP contribution in [0.5, 0.6) is 0 Å². The topological polar surface area (TPSA) is 78.2 Å². The molecule has 0 bridgehead atoms. The molecule has 1 saturated heterocycles. The van der Waals surface area contributed by atoms with Gasteiger partial charge in [0.05, 0.1) is 6.26 Å². The Morgan fingerprint density at radius 1 is 1.23 bits per heavy atom. The maximum atomic E-state index is 5.59. The maximum Gasteiger partial charge on any atom is 0.191 e. The van der Waals surface area contributed by atoms with Crippen LogP contribution in [0.2, 0.25) is 0 Å². The van der Waals surface area contributed by atoms with Gasteiger partial charge in [-0.3, -0.25) is 4.99 Å². The van der Waals surface area contributed by atoms with Crippen LogP contribution >= 0.6 is 24.0 Å². The normalized spacial score (nSPS) is 15.0. The van der Waals surface area contributed by atoms with Gasteiger partial charge in [0.2, 0.25) is 0 Å². The van der Waals surface area contributed by atoms with Crippen molar-refractivity contribution in [1.82, 2.24) is 20.5 Å². The maximum absolute atomic E-state index is 5.59. The van der Waals surface area contributed by atoms with Gasteiger partial charge < -0.3 is 29.6 Å². The molecule has 0 amide bonds. The van der Waals surface area contributed by atoms with Crippen LogP contribution in [0, 0.1) is 0 Å². The van der Waals surface area contributed by atoms with E-state index in [-0.39, 0.29) is 24.0 Å². The lowest BCUT2D eigenvalue weighted by atomic mass is 10.2. The monoisotopic (exact) mass is 528 g/mol. The molecule has 3 rings (SSSR count). The molecule has 0 radical (unpaired) electrons. The van der Waals surface area contributed by atoms with Gasteiger partial charge in [-0.2, -0.15) is 0 Å². The Bertz CT molecular complexity index is 748. The number of rotatable bonds is 9. The first-order valence-electron chi connectivity index (χ1n) is 10.2. The van der Waals surface area contributed by atoms with Crippen molar-refractivity contribution >= 4 is 35.8 Å². The Hall–Kier alpha value is -1.85. The SMILES string of the molecule is CN=C(NCCCOCc1ccco1)NCc1ccnc(N2CCN(C)CC2)c1.I. The number of furan rings is 1. The van der Waals surface area contributed by atoms with Gasteiger partial charge >= 0.3 is 0 Å². The second kappa shape index (κ2) is 13.5. The molecule has 0 saturated carbocycles. The van der Waals surface area contributed by atoms with Crippen LogP contribution in [0.15, 0.2) is 46.1 Å². The van der Waals surface area contributed by atoms with Crippen molar-refractivity contribution in [3.05, 3.63) is 48.0 Å². The molecule has 9 heteroatoms. The summed E-state index contributed by atoms with van der Waals surface area (Å²) in [5, 5.41) is 6.68. The summed E-state index contributed by atoms with van der Waals surface area (Å²) in [4.78, 5) is 13.5. The van der Waals surface area contributed by atoms with Crippen LogP contribution in [-0.4, -0.2) is 69.3 Å². The summed E-state index contributed by atoms with van der Waals surface area (Å²) in [6.07, 6.45) is 4.44. The van der Waals surface area contributed by atoms with E-state index in [0.717, 1.165) is 56.7 Å². The number of piperazine rings is 1. The third-order valence-electron chi connectivity index (χ3n) is 4.90. The number of ether oxygens (including phenoxy) is 1. The molecule has 2 N–H and O–H groups in total. The highest BCUT2D eigenvalue weighted by atomic mass is 127. The van der Waals surface area contributed by atoms with Crippen LogP contribution in [-0.2, 0) is 17.9 Å². The fraction of sp³-hybridized carbons (Fsp3) is 0.524. The fourth-order valence-electron chi connectivity index (χ4n) is 3.13. The number of hydrogen-bond donors (Lipinski definition) is 2. The largest absolute Gasteiger partial charge is 0.467 e. The summed E-state index contributed by atoms with van der Waals surface area (Å²) >= 11 is 0. The van der Waals surface area contributed by atoms with Crippen molar-refractivity contribution < 1.29 is 9.15 Å². The predicted octanol–water partition coefficient (Wildman–Crippen LogP) is 2.32. The van der Waals surface area contributed by atoms with E-state index in [1.165, 1.54) is 5.56 Å². The van der Waals surface area contributed by atoms with Gasteiger partial charge in [-0.15, -0.1) is 24.0 Å². The number of likely N-dealkylation sites (N-methyl/N-ethyl adjacent to an activating group) is 1. The Kier molecular flexibility index (Phi) is 11.0. The number of anilines is 1. The molecule has 1 aliphatic rings. The second-order valence-corrected chi connectivity index (χ2v) is 7.15. The summed E-state index contributed by atoms with van der Waals surface area (Å²) in [5.41, 5.74) is 1.19. The number of guanidine groups is 1. The molecule has 30 heavy (non-hydrogen) atoms. The van der Waals surface area contributed by atoms with E-state index in [1.807, 2.05) is 24.4 Å². The number of nitrogens with zero attached hydrogens (tertiary/aromatic N) is 4. The number of aromatic nitrogens is 1. The van der Waals surface area contributed by atoms with Crippen molar-refractivity contribution in [2.75, 3.05) is 58.3 Å². The Morgan fingerprint density at radius 3 is 2.80 bits per heavy atom. The van der Waals surface area contributed by atoms with E-state index in [1.54, 1.807) is 13.3 Å². The summed E-state index contributed by atoms with van der Waals surface area (Å²) in [5.74, 6) is 2.69. The van der Waals surface area contributed by atoms with Gasteiger partial charge in [-0.25, -0.2) is 4.98 Å². The lowest BCUT2D eigenvalue weighted by molar-refractivity contribution is 0.105. The highest BCUT2D eigenvalue weighted by molar-refractivity contribution is 14.0. The first kappa shape index (κ1) is 24.4. The summed E-state index contributed by atoms with van der Waals surface area (Å²) in [7, 11) is 3.94. The summed E-state index contributed by atoms with van der Waals surface area (Å²) < 4.78 is 10.8. The zero-order valence-electron chi connectivity index (χ0n) is 17.8. The van der Waals surface area contributed by atoms with Crippen molar-refractivity contribution in [3.63, 3.8) is 0 Å². The number of pyridine rings is 1.